The lowest BCUT2D eigenvalue weighted by Crippen LogP contribution is -2.27. The zero-order valence-electron chi connectivity index (χ0n) is 20.2. The number of Topliss-reactive ketones (excluding diaryl/α,β-unsaturated/α-hetero) is 1. The van der Waals surface area contributed by atoms with Crippen LogP contribution in [0.25, 0.3) is 16.3 Å². The first-order valence-corrected chi connectivity index (χ1v) is 11.6. The molecule has 0 aliphatic heterocycles. The number of ketones is 1. The van der Waals surface area contributed by atoms with Crippen molar-refractivity contribution < 1.29 is 14.3 Å². The van der Waals surface area contributed by atoms with Crippen molar-refractivity contribution in [2.24, 2.45) is 5.41 Å². The molecular weight excluding hydrogens is 410 g/mol. The van der Waals surface area contributed by atoms with Gasteiger partial charge < -0.3 is 15.2 Å². The number of hydrogen-bond acceptors (Lipinski definition) is 4. The second kappa shape index (κ2) is 8.93. The van der Waals surface area contributed by atoms with Gasteiger partial charge >= 0.3 is 0 Å². The number of nitrogens with two attached hydrogens (primary N) is 1. The molecule has 0 amide bonds. The molecule has 0 spiro atoms. The predicted octanol–water partition coefficient (Wildman–Crippen LogP) is 6.78. The predicted molar refractivity (Wildman–Crippen MR) is 136 cm³/mol. The third-order valence-corrected chi connectivity index (χ3v) is 6.60. The molecule has 1 atom stereocenters. The number of anilines is 1. The quantitative estimate of drug-likeness (QED) is 0.427. The monoisotopic (exact) mass is 443 g/mol. The van der Waals surface area contributed by atoms with Gasteiger partial charge in [-0.25, -0.2) is 0 Å². The van der Waals surface area contributed by atoms with E-state index >= 15 is 0 Å². The average Bonchev–Trinajstić information content (AvgIpc) is 2.78. The number of ether oxygens (including phenoxy) is 2. The third-order valence-electron chi connectivity index (χ3n) is 6.60. The molecule has 2 N–H and O–H groups in total. The fourth-order valence-electron chi connectivity index (χ4n) is 5.08. The number of methoxy groups -OCH3 is 1. The molecule has 4 heteroatoms. The van der Waals surface area contributed by atoms with Crippen LogP contribution in [0.5, 0.6) is 11.5 Å². The highest BCUT2D eigenvalue weighted by atomic mass is 16.5. The van der Waals surface area contributed by atoms with E-state index in [-0.39, 0.29) is 17.1 Å². The van der Waals surface area contributed by atoms with Gasteiger partial charge in [-0.2, -0.15) is 0 Å². The summed E-state index contributed by atoms with van der Waals surface area (Å²) in [6.07, 6.45) is 1.32. The number of benzene rings is 3. The smallest absolute Gasteiger partial charge is 0.161 e. The summed E-state index contributed by atoms with van der Waals surface area (Å²) in [5.41, 5.74) is 11.1. The summed E-state index contributed by atoms with van der Waals surface area (Å²) in [5, 5.41) is 2.21. The molecule has 0 radical (unpaired) electrons. The summed E-state index contributed by atoms with van der Waals surface area (Å²) in [4.78, 5) is 13.6. The second-order valence-corrected chi connectivity index (χ2v) is 9.65. The maximum atomic E-state index is 13.6. The van der Waals surface area contributed by atoms with Crippen LogP contribution in [0.2, 0.25) is 0 Å². The van der Waals surface area contributed by atoms with E-state index in [1.165, 1.54) is 0 Å². The minimum atomic E-state index is -0.129. The van der Waals surface area contributed by atoms with Gasteiger partial charge in [0.05, 0.1) is 13.7 Å². The van der Waals surface area contributed by atoms with Crippen LogP contribution in [0.3, 0.4) is 0 Å². The molecule has 172 valence electrons. The summed E-state index contributed by atoms with van der Waals surface area (Å²) >= 11 is 0. The van der Waals surface area contributed by atoms with Gasteiger partial charge in [0.15, 0.2) is 17.3 Å². The van der Waals surface area contributed by atoms with Crippen LogP contribution in [0.1, 0.15) is 57.6 Å². The number of rotatable bonds is 6. The Labute approximate surface area is 196 Å². The average molecular weight is 444 g/mol. The van der Waals surface area contributed by atoms with Crippen LogP contribution in [-0.4, -0.2) is 19.5 Å². The van der Waals surface area contributed by atoms with Crippen molar-refractivity contribution in [3.05, 3.63) is 71.3 Å². The molecule has 0 saturated carbocycles. The maximum absolute atomic E-state index is 13.6. The molecule has 0 unspecified atom stereocenters. The van der Waals surface area contributed by atoms with Gasteiger partial charge in [-0.05, 0) is 58.9 Å². The molecule has 4 nitrogen and oxygen atoms in total. The van der Waals surface area contributed by atoms with E-state index in [1.807, 2.05) is 49.4 Å². The molecule has 3 aromatic carbocycles. The standard InChI is InChI=1S/C29H33NO3/c1-6-33-25-14-12-20(15-26(25)32-5)18(2)27-22(16-29(3,4)17-24(27)31)28-21-10-8-7-9-19(21)11-13-23(28)30/h7-15,18H,6,16-17,30H2,1-5H3/t18-/m0/s1. The summed E-state index contributed by atoms with van der Waals surface area (Å²) in [6.45, 7) is 8.93. The van der Waals surface area contributed by atoms with Gasteiger partial charge in [0.25, 0.3) is 0 Å². The fourth-order valence-corrected chi connectivity index (χ4v) is 5.08. The van der Waals surface area contributed by atoms with Gasteiger partial charge in [0.1, 0.15) is 0 Å². The molecule has 0 bridgehead atoms. The SMILES string of the molecule is CCOc1ccc([C@H](C)C2=C(c3c(N)ccc4ccccc34)CC(C)(C)CC2=O)cc1OC. The molecular formula is C29H33NO3. The van der Waals surface area contributed by atoms with Crippen LogP contribution in [0.4, 0.5) is 5.69 Å². The van der Waals surface area contributed by atoms with E-state index in [2.05, 4.69) is 32.9 Å². The Morgan fingerprint density at radius 1 is 1.03 bits per heavy atom. The van der Waals surface area contributed by atoms with Crippen molar-refractivity contribution in [2.75, 3.05) is 19.5 Å². The van der Waals surface area contributed by atoms with Gasteiger partial charge in [0, 0.05) is 29.2 Å². The summed E-state index contributed by atoms with van der Waals surface area (Å²) in [6, 6.07) is 18.2. The first-order valence-electron chi connectivity index (χ1n) is 11.6. The number of nitrogen functional groups attached to an aromatic ring is 1. The number of carbonyl (C=O) groups excluding carboxylic acids is 1. The van der Waals surface area contributed by atoms with Gasteiger partial charge in [-0.1, -0.05) is 57.2 Å². The van der Waals surface area contributed by atoms with Crippen LogP contribution in [0.15, 0.2) is 60.2 Å². The Balaban J connectivity index is 1.94. The van der Waals surface area contributed by atoms with Gasteiger partial charge in [-0.15, -0.1) is 0 Å². The van der Waals surface area contributed by atoms with E-state index in [0.717, 1.165) is 39.5 Å². The zero-order valence-corrected chi connectivity index (χ0v) is 20.2. The van der Waals surface area contributed by atoms with Crippen LogP contribution in [0, 0.1) is 5.41 Å². The van der Waals surface area contributed by atoms with Crippen LogP contribution >= 0.6 is 0 Å². The Bertz CT molecular complexity index is 1240. The Kier molecular flexibility index (Phi) is 6.20. The van der Waals surface area contributed by atoms with Gasteiger partial charge in [0.2, 0.25) is 0 Å². The largest absolute Gasteiger partial charge is 0.493 e. The minimum Gasteiger partial charge on any atom is -0.493 e. The van der Waals surface area contributed by atoms with E-state index < -0.39 is 0 Å². The topological polar surface area (TPSA) is 61.5 Å². The molecule has 1 aliphatic carbocycles. The molecule has 4 rings (SSSR count). The molecule has 0 aromatic heterocycles. The zero-order chi connectivity index (χ0) is 23.8. The van der Waals surface area contributed by atoms with E-state index in [9.17, 15) is 4.79 Å². The van der Waals surface area contributed by atoms with Crippen molar-refractivity contribution in [2.45, 2.75) is 46.5 Å². The number of fused-ring (bicyclic) bond motifs is 1. The second-order valence-electron chi connectivity index (χ2n) is 9.65. The Morgan fingerprint density at radius 3 is 2.52 bits per heavy atom. The molecule has 0 saturated heterocycles. The highest BCUT2D eigenvalue weighted by Crippen LogP contribution is 2.48. The third kappa shape index (κ3) is 4.35. The number of allylic oxidation sites excluding steroid dienone is 2. The molecule has 0 heterocycles. The lowest BCUT2D eigenvalue weighted by Gasteiger charge is -2.35. The van der Waals surface area contributed by atoms with Crippen molar-refractivity contribution >= 4 is 27.8 Å². The van der Waals surface area contributed by atoms with Crippen molar-refractivity contribution in [3.63, 3.8) is 0 Å². The first-order chi connectivity index (χ1) is 15.8. The Morgan fingerprint density at radius 2 is 1.79 bits per heavy atom. The number of hydrogen-bond donors (Lipinski definition) is 1. The molecule has 3 aromatic rings. The highest BCUT2D eigenvalue weighted by Gasteiger charge is 2.37. The van der Waals surface area contributed by atoms with Crippen molar-refractivity contribution in [3.8, 4) is 11.5 Å². The minimum absolute atomic E-state index is 0.105. The number of carbonyl (C=O) groups is 1. The fraction of sp³-hybridized carbons (Fsp3) is 0.345. The highest BCUT2D eigenvalue weighted by molar-refractivity contribution is 6.10. The Hall–Kier alpha value is -3.27. The summed E-state index contributed by atoms with van der Waals surface area (Å²) < 4.78 is 11.3. The first kappa shape index (κ1) is 22.9. The molecule has 1 aliphatic rings. The van der Waals surface area contributed by atoms with Gasteiger partial charge in [-0.3, -0.25) is 4.79 Å². The summed E-state index contributed by atoms with van der Waals surface area (Å²) in [5.74, 6) is 1.47. The van der Waals surface area contributed by atoms with Crippen molar-refractivity contribution in [1.29, 1.82) is 0 Å². The van der Waals surface area contributed by atoms with E-state index in [0.29, 0.717) is 30.2 Å². The lowest BCUT2D eigenvalue weighted by atomic mass is 9.68. The molecule has 33 heavy (non-hydrogen) atoms. The van der Waals surface area contributed by atoms with Crippen LogP contribution in [-0.2, 0) is 4.79 Å². The maximum Gasteiger partial charge on any atom is 0.161 e. The van der Waals surface area contributed by atoms with Crippen LogP contribution < -0.4 is 15.2 Å². The summed E-state index contributed by atoms with van der Waals surface area (Å²) in [7, 11) is 1.64. The lowest BCUT2D eigenvalue weighted by molar-refractivity contribution is -0.118. The van der Waals surface area contributed by atoms with E-state index in [4.69, 9.17) is 15.2 Å². The molecule has 0 fully saturated rings. The normalized spacial score (nSPS) is 16.7. The van der Waals surface area contributed by atoms with E-state index in [1.54, 1.807) is 7.11 Å². The van der Waals surface area contributed by atoms with Crippen molar-refractivity contribution in [1.82, 2.24) is 0 Å².